The van der Waals surface area contributed by atoms with Gasteiger partial charge in [-0.3, -0.25) is 10.1 Å². The highest BCUT2D eigenvalue weighted by molar-refractivity contribution is 6.03. The van der Waals surface area contributed by atoms with Crippen LogP contribution in [0.4, 0.5) is 19.3 Å². The summed E-state index contributed by atoms with van der Waals surface area (Å²) in [6.45, 7) is 6.72. The molecule has 0 radical (unpaired) electrons. The van der Waals surface area contributed by atoms with Crippen molar-refractivity contribution < 1.29 is 18.3 Å². The lowest BCUT2D eigenvalue weighted by atomic mass is 9.98. The van der Waals surface area contributed by atoms with E-state index in [1.165, 1.54) is 6.07 Å². The highest BCUT2D eigenvalue weighted by atomic mass is 19.1. The van der Waals surface area contributed by atoms with Crippen molar-refractivity contribution in [3.8, 4) is 33.6 Å². The van der Waals surface area contributed by atoms with Crippen LogP contribution in [0.15, 0.2) is 73.3 Å². The number of hydrogen-bond acceptors (Lipinski definition) is 7. The number of rotatable bonds is 4. The number of halogens is 2. The van der Waals surface area contributed by atoms with E-state index in [0.717, 1.165) is 17.7 Å². The zero-order valence-corrected chi connectivity index (χ0v) is 25.4. The van der Waals surface area contributed by atoms with Gasteiger partial charge < -0.3 is 14.5 Å². The van der Waals surface area contributed by atoms with Crippen LogP contribution in [-0.2, 0) is 4.74 Å². The van der Waals surface area contributed by atoms with E-state index in [0.29, 0.717) is 52.2 Å². The van der Waals surface area contributed by atoms with Gasteiger partial charge in [0.2, 0.25) is 0 Å². The first-order chi connectivity index (χ1) is 22.2. The molecular formula is C34H30F2N8O2. The molecule has 2 bridgehead atoms. The summed E-state index contributed by atoms with van der Waals surface area (Å²) in [4.78, 5) is 25.5. The van der Waals surface area contributed by atoms with Gasteiger partial charge in [0.15, 0.2) is 5.65 Å². The number of ether oxygens (including phenoxy) is 1. The maximum Gasteiger partial charge on any atom is 0.410 e. The average molecular weight is 621 g/mol. The fourth-order valence-corrected chi connectivity index (χ4v) is 6.75. The number of likely N-dealkylation sites (tertiary alicyclic amines) is 1. The molecule has 10 nitrogen and oxygen atoms in total. The van der Waals surface area contributed by atoms with E-state index in [1.807, 2.05) is 39.0 Å². The normalized spacial score (nSPS) is 17.8. The Morgan fingerprint density at radius 3 is 2.50 bits per heavy atom. The summed E-state index contributed by atoms with van der Waals surface area (Å²) in [5, 5.41) is 12.3. The Hall–Kier alpha value is -5.39. The molecule has 1 N–H and O–H groups in total. The van der Waals surface area contributed by atoms with Crippen LogP contribution in [0.3, 0.4) is 0 Å². The lowest BCUT2D eigenvalue weighted by molar-refractivity contribution is 0.0214. The molecule has 12 heteroatoms. The van der Waals surface area contributed by atoms with Crippen LogP contribution in [0.1, 0.15) is 27.2 Å². The standard InChI is InChI=1S/C34H30F2N8O2/c1-34(2,3)46-33(45)43-18-21-14-22(43)17-42(21)20-4-5-24(27(36)15-20)28-10-13-38-32-29(23-6-7-26(35)31-25(23)16-39-40-31)30(41-44(28)32)19-8-11-37-12-9-19/h4-13,15-16,21-22H,14,17-18H2,1-3H3,(H,39,40)/t21-,22-/m1/s1. The SMILES string of the molecule is CC(C)(C)OC(=O)N1C[C@H]2C[C@@H]1CN2c1ccc(-c2ccnc3c(-c4ccc(F)c5[nH]ncc45)c(-c4ccncc4)nn23)c(F)c1. The highest BCUT2D eigenvalue weighted by Crippen LogP contribution is 2.41. The Morgan fingerprint density at radius 1 is 0.957 bits per heavy atom. The number of fused-ring (bicyclic) bond motifs is 4. The highest BCUT2D eigenvalue weighted by Gasteiger charge is 2.46. The monoisotopic (exact) mass is 620 g/mol. The van der Waals surface area contributed by atoms with Gasteiger partial charge in [-0.05, 0) is 75.2 Å². The van der Waals surface area contributed by atoms with Crippen LogP contribution < -0.4 is 4.90 Å². The number of anilines is 1. The molecule has 0 spiro atoms. The molecule has 4 aromatic heterocycles. The third-order valence-electron chi connectivity index (χ3n) is 8.74. The van der Waals surface area contributed by atoms with Gasteiger partial charge in [-0.25, -0.2) is 23.1 Å². The van der Waals surface area contributed by atoms with Crippen LogP contribution in [0.25, 0.3) is 50.2 Å². The topological polar surface area (TPSA) is 105 Å². The summed E-state index contributed by atoms with van der Waals surface area (Å²) >= 11 is 0. The van der Waals surface area contributed by atoms with Crippen molar-refractivity contribution in [3.05, 3.63) is 85.0 Å². The predicted octanol–water partition coefficient (Wildman–Crippen LogP) is 6.48. The molecule has 1 amide bonds. The van der Waals surface area contributed by atoms with E-state index in [2.05, 4.69) is 25.1 Å². The van der Waals surface area contributed by atoms with E-state index in [4.69, 9.17) is 9.84 Å². The van der Waals surface area contributed by atoms with Crippen molar-refractivity contribution in [2.24, 2.45) is 0 Å². The Morgan fingerprint density at radius 2 is 1.76 bits per heavy atom. The van der Waals surface area contributed by atoms with Crippen molar-refractivity contribution in [3.63, 3.8) is 0 Å². The van der Waals surface area contributed by atoms with Crippen LogP contribution in [0, 0.1) is 11.6 Å². The van der Waals surface area contributed by atoms with Crippen LogP contribution >= 0.6 is 0 Å². The number of aromatic amines is 1. The molecule has 8 rings (SSSR count). The van der Waals surface area contributed by atoms with E-state index in [9.17, 15) is 9.18 Å². The van der Waals surface area contributed by atoms with E-state index in [-0.39, 0.29) is 23.7 Å². The number of pyridine rings is 1. The third-order valence-corrected chi connectivity index (χ3v) is 8.74. The number of nitrogens with one attached hydrogen (secondary N) is 1. The number of nitrogens with zero attached hydrogens (tertiary/aromatic N) is 7. The quantitative estimate of drug-likeness (QED) is 0.241. The zero-order chi connectivity index (χ0) is 31.7. The number of H-pyrrole nitrogens is 1. The smallest absolute Gasteiger partial charge is 0.410 e. The first-order valence-electron chi connectivity index (χ1n) is 15.1. The fraction of sp³-hybridized carbons (Fsp3) is 0.265. The van der Waals surface area contributed by atoms with Crippen molar-refractivity contribution in [2.45, 2.75) is 44.9 Å². The minimum Gasteiger partial charge on any atom is -0.444 e. The Balaban J connectivity index is 1.18. The molecule has 2 atom stereocenters. The largest absolute Gasteiger partial charge is 0.444 e. The van der Waals surface area contributed by atoms with Gasteiger partial charge in [0.1, 0.15) is 28.4 Å². The summed E-state index contributed by atoms with van der Waals surface area (Å²) in [7, 11) is 0. The van der Waals surface area contributed by atoms with Crippen LogP contribution in [0.5, 0.6) is 0 Å². The summed E-state index contributed by atoms with van der Waals surface area (Å²) in [6, 6.07) is 13.8. The first kappa shape index (κ1) is 28.1. The number of amides is 1. The Bertz CT molecular complexity index is 2140. The minimum absolute atomic E-state index is 0.0182. The fourth-order valence-electron chi connectivity index (χ4n) is 6.75. The summed E-state index contributed by atoms with van der Waals surface area (Å²) in [6.07, 6.45) is 7.06. The van der Waals surface area contributed by atoms with Gasteiger partial charge in [-0.1, -0.05) is 6.07 Å². The van der Waals surface area contributed by atoms with Crippen LogP contribution in [0.2, 0.25) is 0 Å². The van der Waals surface area contributed by atoms with Crippen LogP contribution in [-0.4, -0.2) is 71.5 Å². The molecule has 2 saturated heterocycles. The maximum absolute atomic E-state index is 16.1. The first-order valence-corrected chi connectivity index (χ1v) is 15.1. The number of aromatic nitrogens is 6. The number of carbonyl (C=O) groups excluding carboxylic acids is 1. The second-order valence-electron chi connectivity index (χ2n) is 12.8. The van der Waals surface area contributed by atoms with Gasteiger partial charge in [-0.15, -0.1) is 0 Å². The van der Waals surface area contributed by atoms with Crippen molar-refractivity contribution in [1.29, 1.82) is 0 Å². The van der Waals surface area contributed by atoms with E-state index in [1.54, 1.807) is 58.5 Å². The zero-order valence-electron chi connectivity index (χ0n) is 25.4. The summed E-state index contributed by atoms with van der Waals surface area (Å²) in [5.74, 6) is -0.823. The number of benzene rings is 2. The molecule has 0 unspecified atom stereocenters. The molecule has 232 valence electrons. The maximum atomic E-state index is 16.1. The lowest BCUT2D eigenvalue weighted by Crippen LogP contribution is -2.50. The van der Waals surface area contributed by atoms with Gasteiger partial charge in [0, 0.05) is 59.9 Å². The molecule has 2 aliphatic heterocycles. The van der Waals surface area contributed by atoms with E-state index >= 15 is 4.39 Å². The van der Waals surface area contributed by atoms with Crippen molar-refractivity contribution in [1.82, 2.24) is 34.7 Å². The molecule has 2 fully saturated rings. The molecule has 2 aromatic carbocycles. The second-order valence-corrected chi connectivity index (χ2v) is 12.8. The summed E-state index contributed by atoms with van der Waals surface area (Å²) < 4.78 is 37.9. The van der Waals surface area contributed by atoms with Crippen molar-refractivity contribution in [2.75, 3.05) is 18.0 Å². The van der Waals surface area contributed by atoms with Gasteiger partial charge >= 0.3 is 6.09 Å². The van der Waals surface area contributed by atoms with Gasteiger partial charge in [-0.2, -0.15) is 10.2 Å². The van der Waals surface area contributed by atoms with Crippen molar-refractivity contribution >= 4 is 28.3 Å². The Kier molecular flexibility index (Phi) is 6.31. The molecule has 46 heavy (non-hydrogen) atoms. The predicted molar refractivity (Wildman–Crippen MR) is 169 cm³/mol. The number of hydrogen-bond donors (Lipinski definition) is 1. The molecule has 0 saturated carbocycles. The number of piperazine rings is 1. The van der Waals surface area contributed by atoms with Gasteiger partial charge in [0.05, 0.1) is 23.5 Å². The molecular weight excluding hydrogens is 590 g/mol. The molecule has 0 aliphatic carbocycles. The third kappa shape index (κ3) is 4.55. The molecule has 6 heterocycles. The Labute approximate surface area is 262 Å². The molecule has 2 aliphatic rings. The molecule has 6 aromatic rings. The van der Waals surface area contributed by atoms with Gasteiger partial charge in [0.25, 0.3) is 0 Å². The minimum atomic E-state index is -0.561. The average Bonchev–Trinajstić information content (AvgIpc) is 3.84. The second kappa shape index (κ2) is 10.3. The lowest BCUT2D eigenvalue weighted by Gasteiger charge is -2.36. The van der Waals surface area contributed by atoms with E-state index < -0.39 is 17.2 Å². The number of carbonyl (C=O) groups is 1. The summed E-state index contributed by atoms with van der Waals surface area (Å²) in [5.41, 5.74) is 4.57.